The molecule has 0 amide bonds. The minimum atomic E-state index is -0.309. The zero-order chi connectivity index (χ0) is 19.7. The van der Waals surface area contributed by atoms with Crippen LogP contribution in [0.3, 0.4) is 0 Å². The van der Waals surface area contributed by atoms with Gasteiger partial charge in [-0.2, -0.15) is 0 Å². The first-order valence-corrected chi connectivity index (χ1v) is 10.2. The largest absolute Gasteiger partial charge is 0.466 e. The van der Waals surface area contributed by atoms with Crippen molar-refractivity contribution in [1.29, 1.82) is 0 Å². The van der Waals surface area contributed by atoms with Crippen LogP contribution in [0.1, 0.15) is 13.3 Å². The van der Waals surface area contributed by atoms with E-state index in [0.29, 0.717) is 46.7 Å². The number of pyridine rings is 1. The number of hydrogen-bond acceptors (Lipinski definition) is 10. The lowest BCUT2D eigenvalue weighted by atomic mass is 10.4. The van der Waals surface area contributed by atoms with E-state index >= 15 is 0 Å². The second kappa shape index (κ2) is 7.86. The number of nitrogens with two attached hydrogens (primary N) is 1. The molecule has 0 aliphatic rings. The second-order valence-electron chi connectivity index (χ2n) is 5.72. The Hall–Kier alpha value is -2.50. The van der Waals surface area contributed by atoms with Crippen LogP contribution in [0.2, 0.25) is 5.02 Å². The van der Waals surface area contributed by atoms with Crippen LogP contribution in [0.25, 0.3) is 21.4 Å². The first-order chi connectivity index (χ1) is 13.5. The lowest BCUT2D eigenvalue weighted by molar-refractivity contribution is -0.141. The molecule has 4 rings (SSSR count). The van der Waals surface area contributed by atoms with Gasteiger partial charge in [-0.05, 0) is 18.2 Å². The molecule has 0 spiro atoms. The maximum atomic E-state index is 11.0. The zero-order valence-electron chi connectivity index (χ0n) is 14.6. The predicted octanol–water partition coefficient (Wildman–Crippen LogP) is 3.17. The minimum Gasteiger partial charge on any atom is -0.466 e. The van der Waals surface area contributed by atoms with Crippen molar-refractivity contribution >= 4 is 67.9 Å². The average Bonchev–Trinajstić information content (AvgIpc) is 3.22. The average molecular weight is 436 g/mol. The monoisotopic (exact) mass is 435 g/mol. The number of fused-ring (bicyclic) bond motifs is 2. The maximum absolute atomic E-state index is 11.0. The number of rotatable bonds is 6. The first kappa shape index (κ1) is 18.8. The molecule has 0 fully saturated rings. The Balaban J connectivity index is 1.68. The Morgan fingerprint density at radius 2 is 2.21 bits per heavy atom. The summed E-state index contributed by atoms with van der Waals surface area (Å²) in [4.78, 5) is 32.5. The smallest absolute Gasteiger partial charge is 0.302 e. The Labute approximate surface area is 172 Å². The van der Waals surface area contributed by atoms with Gasteiger partial charge in [0.1, 0.15) is 11.8 Å². The summed E-state index contributed by atoms with van der Waals surface area (Å²) in [6, 6.07) is 0. The highest BCUT2D eigenvalue weighted by Gasteiger charge is 2.18. The molecule has 2 N–H and O–H groups in total. The van der Waals surface area contributed by atoms with Gasteiger partial charge in [-0.1, -0.05) is 11.6 Å². The molecule has 4 aromatic rings. The number of thiazole rings is 1. The number of esters is 1. The Morgan fingerprint density at radius 1 is 1.36 bits per heavy atom. The number of nitrogen functional groups attached to an aromatic ring is 1. The number of ether oxygens (including phenoxy) is 1. The molecule has 0 saturated heterocycles. The number of anilines is 1. The number of hydrogen-bond donors (Lipinski definition) is 1. The van der Waals surface area contributed by atoms with Crippen molar-refractivity contribution in [2.75, 3.05) is 12.3 Å². The first-order valence-electron chi connectivity index (χ1n) is 8.21. The van der Waals surface area contributed by atoms with Gasteiger partial charge in [-0.25, -0.2) is 19.9 Å². The third-order valence-corrected chi connectivity index (χ3v) is 6.33. The standard InChI is InChI=1S/C16H14ClN7O2S2/c1-8(25)26-4-2-3-24-14-11(13(18)20-7-21-14)23-15(24)28-16-22-10-6-19-5-9(17)12(10)27-16/h5-7H,2-4H2,1H3,(H2,18,20,21). The summed E-state index contributed by atoms with van der Waals surface area (Å²) in [5.74, 6) is -0.00116. The maximum Gasteiger partial charge on any atom is 0.302 e. The van der Waals surface area contributed by atoms with Crippen LogP contribution in [0.15, 0.2) is 28.2 Å². The van der Waals surface area contributed by atoms with E-state index in [1.165, 1.54) is 36.3 Å². The molecular weight excluding hydrogens is 422 g/mol. The number of aromatic nitrogens is 6. The molecule has 28 heavy (non-hydrogen) atoms. The number of nitrogens with zero attached hydrogens (tertiary/aromatic N) is 6. The number of imidazole rings is 1. The summed E-state index contributed by atoms with van der Waals surface area (Å²) >= 11 is 9.05. The summed E-state index contributed by atoms with van der Waals surface area (Å²) in [6.45, 7) is 2.24. The molecule has 4 aromatic heterocycles. The Bertz CT molecular complexity index is 1180. The summed E-state index contributed by atoms with van der Waals surface area (Å²) in [7, 11) is 0. The van der Waals surface area contributed by atoms with Crippen molar-refractivity contribution < 1.29 is 9.53 Å². The molecule has 0 atom stereocenters. The minimum absolute atomic E-state index is 0.308. The third-order valence-electron chi connectivity index (χ3n) is 3.77. The second-order valence-corrected chi connectivity index (χ2v) is 8.34. The van der Waals surface area contributed by atoms with E-state index in [1.807, 2.05) is 4.57 Å². The lowest BCUT2D eigenvalue weighted by Crippen LogP contribution is -2.07. The topological polar surface area (TPSA) is 122 Å². The molecule has 0 aliphatic heterocycles. The molecule has 4 heterocycles. The van der Waals surface area contributed by atoms with Crippen molar-refractivity contribution in [3.8, 4) is 0 Å². The van der Waals surface area contributed by atoms with Gasteiger partial charge >= 0.3 is 5.97 Å². The van der Waals surface area contributed by atoms with Crippen LogP contribution in [-0.2, 0) is 16.1 Å². The quantitative estimate of drug-likeness (QED) is 0.359. The van der Waals surface area contributed by atoms with Crippen molar-refractivity contribution in [2.24, 2.45) is 0 Å². The van der Waals surface area contributed by atoms with Crippen LogP contribution < -0.4 is 5.73 Å². The molecule has 0 aromatic carbocycles. The highest BCUT2D eigenvalue weighted by Crippen LogP contribution is 2.37. The van der Waals surface area contributed by atoms with Crippen molar-refractivity contribution in [2.45, 2.75) is 29.4 Å². The summed E-state index contributed by atoms with van der Waals surface area (Å²) in [5, 5.41) is 1.24. The summed E-state index contributed by atoms with van der Waals surface area (Å²) in [6.07, 6.45) is 5.28. The fourth-order valence-electron chi connectivity index (χ4n) is 2.58. The Kier molecular flexibility index (Phi) is 5.29. The summed E-state index contributed by atoms with van der Waals surface area (Å²) < 4.78 is 8.58. The van der Waals surface area contributed by atoms with Crippen molar-refractivity contribution in [3.05, 3.63) is 23.7 Å². The van der Waals surface area contributed by atoms with Gasteiger partial charge in [0.15, 0.2) is 26.5 Å². The molecular formula is C16H14ClN7O2S2. The number of carbonyl (C=O) groups excluding carboxylic acids is 1. The Morgan fingerprint density at radius 3 is 3.00 bits per heavy atom. The van der Waals surface area contributed by atoms with E-state index < -0.39 is 0 Å². The van der Waals surface area contributed by atoms with Crippen molar-refractivity contribution in [3.63, 3.8) is 0 Å². The summed E-state index contributed by atoms with van der Waals surface area (Å²) in [5.41, 5.74) is 7.85. The molecule has 0 bridgehead atoms. The van der Waals surface area contributed by atoms with E-state index in [2.05, 4.69) is 24.9 Å². The van der Waals surface area contributed by atoms with E-state index in [1.54, 1.807) is 12.4 Å². The van der Waals surface area contributed by atoms with E-state index in [4.69, 9.17) is 22.1 Å². The molecule has 9 nitrogen and oxygen atoms in total. The van der Waals surface area contributed by atoms with Gasteiger partial charge in [-0.15, -0.1) is 11.3 Å². The van der Waals surface area contributed by atoms with Crippen molar-refractivity contribution in [1.82, 2.24) is 29.5 Å². The van der Waals surface area contributed by atoms with Gasteiger partial charge in [0.25, 0.3) is 0 Å². The third kappa shape index (κ3) is 3.73. The van der Waals surface area contributed by atoms with Crippen LogP contribution >= 0.6 is 34.7 Å². The lowest BCUT2D eigenvalue weighted by Gasteiger charge is -2.07. The number of halogens is 1. The molecule has 0 aliphatic carbocycles. The van der Waals surface area contributed by atoms with Gasteiger partial charge in [-0.3, -0.25) is 9.78 Å². The molecule has 144 valence electrons. The van der Waals surface area contributed by atoms with E-state index in [9.17, 15) is 4.79 Å². The SMILES string of the molecule is CC(=O)OCCCn1c(Sc2nc3cncc(Cl)c3s2)nc2c(N)ncnc21. The predicted molar refractivity (Wildman–Crippen MR) is 108 cm³/mol. The zero-order valence-corrected chi connectivity index (χ0v) is 17.0. The van der Waals surface area contributed by atoms with Gasteiger partial charge in [0.05, 0.1) is 22.5 Å². The van der Waals surface area contributed by atoms with Gasteiger partial charge in [0, 0.05) is 19.7 Å². The normalized spacial score (nSPS) is 11.4. The molecule has 0 radical (unpaired) electrons. The fourth-order valence-corrected chi connectivity index (χ4v) is 4.88. The molecule has 0 unspecified atom stereocenters. The van der Waals surface area contributed by atoms with Gasteiger partial charge in [0.2, 0.25) is 0 Å². The highest BCUT2D eigenvalue weighted by molar-refractivity contribution is 8.01. The molecule has 12 heteroatoms. The fraction of sp³-hybridized carbons (Fsp3) is 0.250. The number of carbonyl (C=O) groups is 1. The number of aryl methyl sites for hydroxylation is 1. The van der Waals surface area contributed by atoms with Crippen LogP contribution in [0, 0.1) is 0 Å². The highest BCUT2D eigenvalue weighted by atomic mass is 35.5. The van der Waals surface area contributed by atoms with Crippen LogP contribution in [0.5, 0.6) is 0 Å². The molecule has 0 saturated carbocycles. The van der Waals surface area contributed by atoms with E-state index in [0.717, 1.165) is 14.6 Å². The van der Waals surface area contributed by atoms with E-state index in [-0.39, 0.29) is 5.97 Å². The van der Waals surface area contributed by atoms with Crippen LogP contribution in [0.4, 0.5) is 5.82 Å². The van der Waals surface area contributed by atoms with Gasteiger partial charge < -0.3 is 15.0 Å². The van der Waals surface area contributed by atoms with Crippen LogP contribution in [-0.4, -0.2) is 42.1 Å².